The average Bonchev–Trinajstić information content (AvgIpc) is 2.33. The number of nitrogens with one attached hydrogen (secondary N) is 2. The Balaban J connectivity index is 0. The maximum Gasteiger partial charge on any atom is 0.314 e. The molecule has 0 aliphatic carbocycles. The maximum absolute atomic E-state index is 10.9. The molecule has 0 unspecified atom stereocenters. The molecule has 0 fully saturated rings. The quantitative estimate of drug-likeness (QED) is 0.474. The van der Waals surface area contributed by atoms with Crippen LogP contribution in [-0.4, -0.2) is 66.8 Å². The molecule has 0 rings (SSSR count). The van der Waals surface area contributed by atoms with Crippen LogP contribution in [0.25, 0.3) is 0 Å². The van der Waals surface area contributed by atoms with Gasteiger partial charge in [-0.15, -0.1) is 0 Å². The Hall–Kier alpha value is -1.83. The molecule has 4 N–H and O–H groups in total. The van der Waals surface area contributed by atoms with E-state index in [9.17, 15) is 14.4 Å². The van der Waals surface area contributed by atoms with E-state index in [1.807, 2.05) is 21.0 Å². The van der Waals surface area contributed by atoms with Crippen molar-refractivity contribution in [3.05, 3.63) is 0 Å². The molecule has 0 heterocycles. The van der Waals surface area contributed by atoms with E-state index in [1.165, 1.54) is 0 Å². The van der Waals surface area contributed by atoms with E-state index in [0.29, 0.717) is 6.54 Å². The zero-order valence-electron chi connectivity index (χ0n) is 12.3. The number of hydrogen-bond acceptors (Lipinski definition) is 4. The smallest absolute Gasteiger partial charge is 0.314 e. The molecule has 0 saturated heterocycles. The van der Waals surface area contributed by atoms with Gasteiger partial charge >= 0.3 is 18.0 Å². The Labute approximate surface area is 119 Å². The minimum Gasteiger partial charge on any atom is -0.481 e. The fourth-order valence-electron chi connectivity index (χ4n) is 1.03. The first-order valence-corrected chi connectivity index (χ1v) is 6.39. The van der Waals surface area contributed by atoms with Crippen molar-refractivity contribution in [2.75, 3.05) is 33.7 Å². The number of aliphatic carboxylic acids is 2. The third-order valence-corrected chi connectivity index (χ3v) is 1.96. The lowest BCUT2D eigenvalue weighted by Gasteiger charge is -2.09. The van der Waals surface area contributed by atoms with Crippen molar-refractivity contribution in [2.45, 2.75) is 26.2 Å². The molecule has 20 heavy (non-hydrogen) atoms. The van der Waals surface area contributed by atoms with Crippen LogP contribution in [0.5, 0.6) is 0 Å². The minimum atomic E-state index is -1.08. The number of amides is 2. The molecule has 0 spiro atoms. The number of carboxylic acid groups (broad SMARTS) is 2. The van der Waals surface area contributed by atoms with Gasteiger partial charge in [-0.2, -0.15) is 0 Å². The number of hydrogen-bond donors (Lipinski definition) is 4. The van der Waals surface area contributed by atoms with Crippen LogP contribution in [0, 0.1) is 0 Å². The van der Waals surface area contributed by atoms with Gasteiger partial charge in [-0.05, 0) is 34.0 Å². The summed E-state index contributed by atoms with van der Waals surface area (Å²) in [7, 11) is 4.04. The summed E-state index contributed by atoms with van der Waals surface area (Å²) in [6.45, 7) is 4.33. The van der Waals surface area contributed by atoms with E-state index in [0.717, 1.165) is 19.5 Å². The molecule has 8 nitrogen and oxygen atoms in total. The molecule has 0 saturated carbocycles. The number of carboxylic acids is 2. The number of carbonyl (C=O) groups excluding carboxylic acids is 1. The first-order chi connectivity index (χ1) is 9.29. The highest BCUT2D eigenvalue weighted by molar-refractivity contribution is 5.75. The maximum atomic E-state index is 10.9. The van der Waals surface area contributed by atoms with Gasteiger partial charge in [0.2, 0.25) is 0 Å². The van der Waals surface area contributed by atoms with Crippen molar-refractivity contribution >= 4 is 18.0 Å². The van der Waals surface area contributed by atoms with Crippen molar-refractivity contribution in [2.24, 2.45) is 0 Å². The summed E-state index contributed by atoms with van der Waals surface area (Å²) < 4.78 is 0. The van der Waals surface area contributed by atoms with Crippen molar-refractivity contribution in [1.82, 2.24) is 15.5 Å². The standard InChI is InChI=1S/C8H19N3O.C4H6O4/c1-4-9-8(12)10-6-5-7-11(2)3;5-3(6)1-2-4(7)8/h4-7H2,1-3H3,(H2,9,10,12);1-2H2,(H,5,6)(H,7,8). The molecule has 0 aromatic rings. The fourth-order valence-corrected chi connectivity index (χ4v) is 1.03. The largest absolute Gasteiger partial charge is 0.481 e. The molecular weight excluding hydrogens is 266 g/mol. The summed E-state index contributed by atoms with van der Waals surface area (Å²) in [4.78, 5) is 32.2. The van der Waals surface area contributed by atoms with Gasteiger partial charge in [0.05, 0.1) is 12.8 Å². The predicted molar refractivity (Wildman–Crippen MR) is 74.8 cm³/mol. The van der Waals surface area contributed by atoms with Crippen LogP contribution in [0.2, 0.25) is 0 Å². The lowest BCUT2D eigenvalue weighted by molar-refractivity contribution is -0.143. The van der Waals surface area contributed by atoms with Crippen molar-refractivity contribution in [3.8, 4) is 0 Å². The van der Waals surface area contributed by atoms with Gasteiger partial charge in [0.1, 0.15) is 0 Å². The van der Waals surface area contributed by atoms with Gasteiger partial charge in [0, 0.05) is 13.1 Å². The summed E-state index contributed by atoms with van der Waals surface area (Å²) in [5.74, 6) is -2.15. The van der Waals surface area contributed by atoms with Gasteiger partial charge in [-0.1, -0.05) is 0 Å². The Morgan fingerprint density at radius 1 is 1.00 bits per heavy atom. The molecule has 0 aliphatic rings. The number of rotatable bonds is 8. The molecule has 2 amide bonds. The zero-order valence-corrected chi connectivity index (χ0v) is 12.3. The summed E-state index contributed by atoms with van der Waals surface area (Å²) in [6.07, 6.45) is 0.398. The summed E-state index contributed by atoms with van der Waals surface area (Å²) in [5, 5.41) is 21.2. The molecule has 118 valence electrons. The highest BCUT2D eigenvalue weighted by atomic mass is 16.4. The SMILES string of the molecule is CCNC(=O)NCCCN(C)C.O=C(O)CCC(=O)O. The van der Waals surface area contributed by atoms with Crippen molar-refractivity contribution < 1.29 is 24.6 Å². The second-order valence-corrected chi connectivity index (χ2v) is 4.23. The van der Waals surface area contributed by atoms with Crippen LogP contribution in [0.15, 0.2) is 0 Å². The molecule has 0 atom stereocenters. The Kier molecular flexibility index (Phi) is 13.9. The molecule has 0 aromatic carbocycles. The van der Waals surface area contributed by atoms with Gasteiger partial charge < -0.3 is 25.7 Å². The monoisotopic (exact) mass is 291 g/mol. The Morgan fingerprint density at radius 2 is 1.50 bits per heavy atom. The van der Waals surface area contributed by atoms with Crippen molar-refractivity contribution in [3.63, 3.8) is 0 Å². The van der Waals surface area contributed by atoms with E-state index in [-0.39, 0.29) is 18.9 Å². The van der Waals surface area contributed by atoms with Crippen LogP contribution in [-0.2, 0) is 9.59 Å². The van der Waals surface area contributed by atoms with E-state index >= 15 is 0 Å². The molecule has 0 bridgehead atoms. The van der Waals surface area contributed by atoms with E-state index in [2.05, 4.69) is 15.5 Å². The average molecular weight is 291 g/mol. The van der Waals surface area contributed by atoms with Crippen LogP contribution in [0.4, 0.5) is 4.79 Å². The Morgan fingerprint density at radius 3 is 1.85 bits per heavy atom. The third-order valence-electron chi connectivity index (χ3n) is 1.96. The van der Waals surface area contributed by atoms with Crippen molar-refractivity contribution in [1.29, 1.82) is 0 Å². The molecule has 8 heteroatoms. The lowest BCUT2D eigenvalue weighted by Crippen LogP contribution is -2.36. The van der Waals surface area contributed by atoms with Crippen LogP contribution < -0.4 is 10.6 Å². The van der Waals surface area contributed by atoms with Gasteiger partial charge in [0.25, 0.3) is 0 Å². The topological polar surface area (TPSA) is 119 Å². The van der Waals surface area contributed by atoms with E-state index in [4.69, 9.17) is 10.2 Å². The van der Waals surface area contributed by atoms with Gasteiger partial charge in [-0.25, -0.2) is 4.79 Å². The summed E-state index contributed by atoms with van der Waals surface area (Å²) in [5.41, 5.74) is 0. The fraction of sp³-hybridized carbons (Fsp3) is 0.750. The van der Waals surface area contributed by atoms with E-state index < -0.39 is 11.9 Å². The number of urea groups is 1. The first-order valence-electron chi connectivity index (χ1n) is 6.39. The molecule has 0 aliphatic heterocycles. The molecule has 0 aromatic heterocycles. The first kappa shape index (κ1) is 20.5. The predicted octanol–water partition coefficient (Wildman–Crippen LogP) is 0.193. The molecular formula is C12H25N3O5. The summed E-state index contributed by atoms with van der Waals surface area (Å²) >= 11 is 0. The highest BCUT2D eigenvalue weighted by Crippen LogP contribution is 1.86. The van der Waals surface area contributed by atoms with E-state index in [1.54, 1.807) is 0 Å². The number of nitrogens with zero attached hydrogens (tertiary/aromatic N) is 1. The van der Waals surface area contributed by atoms with Crippen LogP contribution in [0.3, 0.4) is 0 Å². The molecule has 0 radical (unpaired) electrons. The normalized spacial score (nSPS) is 9.40. The summed E-state index contributed by atoms with van der Waals surface area (Å²) in [6, 6.07) is -0.0729. The van der Waals surface area contributed by atoms with Gasteiger partial charge in [0.15, 0.2) is 0 Å². The second-order valence-electron chi connectivity index (χ2n) is 4.23. The van der Waals surface area contributed by atoms with Crippen LogP contribution in [0.1, 0.15) is 26.2 Å². The lowest BCUT2D eigenvalue weighted by atomic mass is 10.3. The highest BCUT2D eigenvalue weighted by Gasteiger charge is 2.00. The number of carbonyl (C=O) groups is 3. The minimum absolute atomic E-state index is 0.0729. The third kappa shape index (κ3) is 21.5. The zero-order chi connectivity index (χ0) is 16.0. The van der Waals surface area contributed by atoms with Crippen LogP contribution >= 0.6 is 0 Å². The second kappa shape index (κ2) is 13.6. The Bertz CT molecular complexity index is 281. The van der Waals surface area contributed by atoms with Gasteiger partial charge in [-0.3, -0.25) is 9.59 Å².